The Morgan fingerprint density at radius 2 is 1.82 bits per heavy atom. The third-order valence-corrected chi connectivity index (χ3v) is 4.62. The molecule has 1 aliphatic heterocycles. The van der Waals surface area contributed by atoms with E-state index < -0.39 is 0 Å². The number of benzene rings is 1. The van der Waals surface area contributed by atoms with E-state index in [-0.39, 0.29) is 24.2 Å². The topological polar surface area (TPSA) is 46.3 Å². The highest BCUT2D eigenvalue weighted by Crippen LogP contribution is 2.24. The van der Waals surface area contributed by atoms with Gasteiger partial charge in [-0.15, -0.1) is 12.4 Å². The molecular weight excluding hydrogens is 296 g/mol. The molecule has 124 valence electrons. The molecule has 1 fully saturated rings. The van der Waals surface area contributed by atoms with E-state index >= 15 is 0 Å². The van der Waals surface area contributed by atoms with Crippen molar-refractivity contribution in [1.82, 2.24) is 4.90 Å². The van der Waals surface area contributed by atoms with Crippen LogP contribution in [0.15, 0.2) is 24.3 Å². The third-order valence-electron chi connectivity index (χ3n) is 4.62. The molecule has 0 aliphatic carbocycles. The summed E-state index contributed by atoms with van der Waals surface area (Å²) in [7, 11) is 0. The van der Waals surface area contributed by atoms with Gasteiger partial charge in [0.1, 0.15) is 0 Å². The molecule has 3 nitrogen and oxygen atoms in total. The average Bonchev–Trinajstić information content (AvgIpc) is 2.96. The van der Waals surface area contributed by atoms with E-state index in [0.717, 1.165) is 19.5 Å². The summed E-state index contributed by atoms with van der Waals surface area (Å²) in [6.07, 6.45) is 1.65. The van der Waals surface area contributed by atoms with Gasteiger partial charge in [0.25, 0.3) is 0 Å². The number of nitrogens with zero attached hydrogens (tertiary/aromatic N) is 1. The van der Waals surface area contributed by atoms with Crippen molar-refractivity contribution < 1.29 is 4.79 Å². The molecule has 1 aromatic rings. The number of carbonyl (C=O) groups is 1. The van der Waals surface area contributed by atoms with Gasteiger partial charge in [-0.25, -0.2) is 0 Å². The van der Waals surface area contributed by atoms with Gasteiger partial charge in [-0.2, -0.15) is 0 Å². The van der Waals surface area contributed by atoms with Crippen LogP contribution in [0.5, 0.6) is 0 Å². The maximum atomic E-state index is 12.4. The highest BCUT2D eigenvalue weighted by molar-refractivity contribution is 5.85. The molecule has 2 unspecified atom stereocenters. The molecule has 0 spiro atoms. The number of likely N-dealkylation sites (tertiary alicyclic amines) is 1. The van der Waals surface area contributed by atoms with Gasteiger partial charge in [0.15, 0.2) is 0 Å². The number of halogens is 1. The molecule has 2 rings (SSSR count). The van der Waals surface area contributed by atoms with Gasteiger partial charge < -0.3 is 10.6 Å². The Hall–Kier alpha value is -1.06. The van der Waals surface area contributed by atoms with Crippen LogP contribution in [-0.2, 0) is 4.79 Å². The van der Waals surface area contributed by atoms with E-state index in [1.807, 2.05) is 4.90 Å². The second-order valence-electron chi connectivity index (χ2n) is 6.66. The van der Waals surface area contributed by atoms with E-state index in [2.05, 4.69) is 45.0 Å². The van der Waals surface area contributed by atoms with Gasteiger partial charge in [0.2, 0.25) is 5.91 Å². The van der Waals surface area contributed by atoms with Crippen molar-refractivity contribution in [2.75, 3.05) is 19.6 Å². The quantitative estimate of drug-likeness (QED) is 0.900. The lowest BCUT2D eigenvalue weighted by molar-refractivity contribution is -0.130. The summed E-state index contributed by atoms with van der Waals surface area (Å²) in [6.45, 7) is 8.94. The SMILES string of the molecule is CC(C)c1ccc(C(C)CC(=O)N2CCC(CN)C2)cc1.Cl. The molecule has 1 amide bonds. The lowest BCUT2D eigenvalue weighted by Gasteiger charge is -2.19. The van der Waals surface area contributed by atoms with E-state index in [9.17, 15) is 4.79 Å². The maximum absolute atomic E-state index is 12.4. The van der Waals surface area contributed by atoms with Crippen molar-refractivity contribution in [3.63, 3.8) is 0 Å². The normalized spacial score (nSPS) is 19.1. The van der Waals surface area contributed by atoms with Crippen LogP contribution in [0.2, 0.25) is 0 Å². The summed E-state index contributed by atoms with van der Waals surface area (Å²) in [4.78, 5) is 14.3. The van der Waals surface area contributed by atoms with Crippen molar-refractivity contribution >= 4 is 18.3 Å². The number of nitrogens with two attached hydrogens (primary N) is 1. The maximum Gasteiger partial charge on any atom is 0.223 e. The first-order valence-corrected chi connectivity index (χ1v) is 8.09. The molecule has 2 N–H and O–H groups in total. The van der Waals surface area contributed by atoms with Crippen molar-refractivity contribution in [1.29, 1.82) is 0 Å². The summed E-state index contributed by atoms with van der Waals surface area (Å²) < 4.78 is 0. The third kappa shape index (κ3) is 4.72. The van der Waals surface area contributed by atoms with E-state index in [1.54, 1.807) is 0 Å². The molecule has 1 aliphatic rings. The largest absolute Gasteiger partial charge is 0.342 e. The minimum absolute atomic E-state index is 0. The van der Waals surface area contributed by atoms with Crippen molar-refractivity contribution in [2.45, 2.75) is 45.4 Å². The standard InChI is InChI=1S/C18H28N2O.ClH/c1-13(2)16-4-6-17(7-5-16)14(3)10-18(21)20-9-8-15(11-19)12-20;/h4-7,13-15H,8-12,19H2,1-3H3;1H. The lowest BCUT2D eigenvalue weighted by Crippen LogP contribution is -2.30. The van der Waals surface area contributed by atoms with Gasteiger partial charge >= 0.3 is 0 Å². The van der Waals surface area contributed by atoms with Gasteiger partial charge in [0, 0.05) is 19.5 Å². The van der Waals surface area contributed by atoms with E-state index in [0.29, 0.717) is 24.8 Å². The highest BCUT2D eigenvalue weighted by Gasteiger charge is 2.26. The summed E-state index contributed by atoms with van der Waals surface area (Å²) in [5, 5.41) is 0. The highest BCUT2D eigenvalue weighted by atomic mass is 35.5. The van der Waals surface area contributed by atoms with Gasteiger partial charge in [-0.05, 0) is 41.8 Å². The summed E-state index contributed by atoms with van der Waals surface area (Å²) in [5.74, 6) is 1.59. The minimum Gasteiger partial charge on any atom is -0.342 e. The molecule has 0 aromatic heterocycles. The molecule has 1 aromatic carbocycles. The summed E-state index contributed by atoms with van der Waals surface area (Å²) in [6, 6.07) is 8.70. The molecule has 0 radical (unpaired) electrons. The van der Waals surface area contributed by atoms with Crippen LogP contribution >= 0.6 is 12.4 Å². The van der Waals surface area contributed by atoms with Crippen LogP contribution in [0.1, 0.15) is 56.6 Å². The van der Waals surface area contributed by atoms with Crippen LogP contribution in [-0.4, -0.2) is 30.4 Å². The fraction of sp³-hybridized carbons (Fsp3) is 0.611. The first-order chi connectivity index (χ1) is 10.0. The van der Waals surface area contributed by atoms with Crippen LogP contribution in [0.3, 0.4) is 0 Å². The number of amides is 1. The predicted octanol–water partition coefficient (Wildman–Crippen LogP) is 3.53. The Labute approximate surface area is 140 Å². The Morgan fingerprint density at radius 1 is 1.23 bits per heavy atom. The van der Waals surface area contributed by atoms with Crippen molar-refractivity contribution in [3.8, 4) is 0 Å². The van der Waals surface area contributed by atoms with E-state index in [1.165, 1.54) is 11.1 Å². The van der Waals surface area contributed by atoms with Crippen molar-refractivity contribution in [3.05, 3.63) is 35.4 Å². The average molecular weight is 325 g/mol. The number of hydrogen-bond acceptors (Lipinski definition) is 2. The smallest absolute Gasteiger partial charge is 0.223 e. The Morgan fingerprint density at radius 3 is 2.32 bits per heavy atom. The molecule has 0 bridgehead atoms. The second-order valence-corrected chi connectivity index (χ2v) is 6.66. The van der Waals surface area contributed by atoms with Gasteiger partial charge in [-0.1, -0.05) is 45.0 Å². The molecule has 0 saturated carbocycles. The summed E-state index contributed by atoms with van der Waals surface area (Å²) in [5.41, 5.74) is 8.29. The van der Waals surface area contributed by atoms with Crippen LogP contribution in [0, 0.1) is 5.92 Å². The molecule has 22 heavy (non-hydrogen) atoms. The Bertz CT molecular complexity index is 472. The number of rotatable bonds is 5. The van der Waals surface area contributed by atoms with E-state index in [4.69, 9.17) is 5.73 Å². The lowest BCUT2D eigenvalue weighted by atomic mass is 9.94. The molecule has 4 heteroatoms. The monoisotopic (exact) mass is 324 g/mol. The molecule has 1 heterocycles. The van der Waals surface area contributed by atoms with Crippen molar-refractivity contribution in [2.24, 2.45) is 11.7 Å². The molecule has 1 saturated heterocycles. The van der Waals surface area contributed by atoms with Crippen LogP contribution in [0.25, 0.3) is 0 Å². The Kier molecular flexibility index (Phi) is 7.37. The number of hydrogen-bond donors (Lipinski definition) is 1. The van der Waals surface area contributed by atoms with Crippen LogP contribution < -0.4 is 5.73 Å². The molecule has 2 atom stereocenters. The first kappa shape index (κ1) is 19.0. The first-order valence-electron chi connectivity index (χ1n) is 8.09. The second kappa shape index (κ2) is 8.54. The zero-order chi connectivity index (χ0) is 15.4. The van der Waals surface area contributed by atoms with Crippen LogP contribution in [0.4, 0.5) is 0 Å². The molecular formula is C18H29ClN2O. The fourth-order valence-electron chi connectivity index (χ4n) is 2.97. The summed E-state index contributed by atoms with van der Waals surface area (Å²) >= 11 is 0. The fourth-order valence-corrected chi connectivity index (χ4v) is 2.97. The minimum atomic E-state index is 0. The van der Waals surface area contributed by atoms with Gasteiger partial charge in [-0.3, -0.25) is 4.79 Å². The van der Waals surface area contributed by atoms with Gasteiger partial charge in [0.05, 0.1) is 0 Å². The zero-order valence-corrected chi connectivity index (χ0v) is 14.7. The predicted molar refractivity (Wildman–Crippen MR) is 94.6 cm³/mol. The number of carbonyl (C=O) groups excluding carboxylic acids is 1. The Balaban J connectivity index is 0.00000242. The zero-order valence-electron chi connectivity index (χ0n) is 13.9.